The van der Waals surface area contributed by atoms with Gasteiger partial charge in [0.1, 0.15) is 28.8 Å². The number of carbonyl (C=O) groups is 1. The number of ether oxygens (including phenoxy) is 1. The molecule has 3 rings (SSSR count). The van der Waals surface area contributed by atoms with Crippen LogP contribution in [-0.2, 0) is 0 Å². The van der Waals surface area contributed by atoms with Crippen LogP contribution in [0, 0.1) is 11.6 Å². The molecule has 0 bridgehead atoms. The molecule has 0 fully saturated rings. The van der Waals surface area contributed by atoms with Crippen LogP contribution < -0.4 is 15.4 Å². The number of methoxy groups -OCH3 is 1. The lowest BCUT2D eigenvalue weighted by molar-refractivity contribution is 0.102. The van der Waals surface area contributed by atoms with E-state index in [1.165, 1.54) is 18.3 Å². The quantitative estimate of drug-likeness (QED) is 0.714. The first-order chi connectivity index (χ1) is 12.6. The van der Waals surface area contributed by atoms with Gasteiger partial charge in [0.25, 0.3) is 5.91 Å². The van der Waals surface area contributed by atoms with Crippen molar-refractivity contribution in [2.24, 2.45) is 0 Å². The Bertz CT molecular complexity index is 893. The van der Waals surface area contributed by atoms with Crippen LogP contribution in [0.2, 0.25) is 0 Å². The zero-order valence-electron chi connectivity index (χ0n) is 13.8. The molecule has 7 heteroatoms. The number of hydrogen-bond donors (Lipinski definition) is 2. The van der Waals surface area contributed by atoms with Crippen molar-refractivity contribution in [2.75, 3.05) is 17.7 Å². The molecule has 2 aromatic carbocycles. The van der Waals surface area contributed by atoms with E-state index in [0.717, 1.165) is 23.6 Å². The Morgan fingerprint density at radius 2 is 1.62 bits per heavy atom. The van der Waals surface area contributed by atoms with Crippen LogP contribution >= 0.6 is 0 Å². The fourth-order valence-electron chi connectivity index (χ4n) is 2.24. The first kappa shape index (κ1) is 17.3. The number of benzene rings is 2. The van der Waals surface area contributed by atoms with E-state index < -0.39 is 23.2 Å². The highest BCUT2D eigenvalue weighted by atomic mass is 19.1. The topological polar surface area (TPSA) is 63.2 Å². The lowest BCUT2D eigenvalue weighted by Crippen LogP contribution is -2.15. The third-order valence-electron chi connectivity index (χ3n) is 3.58. The Morgan fingerprint density at radius 1 is 0.962 bits per heavy atom. The third kappa shape index (κ3) is 3.94. The molecule has 1 amide bonds. The van der Waals surface area contributed by atoms with Crippen LogP contribution in [-0.4, -0.2) is 18.0 Å². The van der Waals surface area contributed by atoms with Gasteiger partial charge in [-0.1, -0.05) is 6.07 Å². The van der Waals surface area contributed by atoms with Crippen LogP contribution in [0.1, 0.15) is 10.5 Å². The van der Waals surface area contributed by atoms with Gasteiger partial charge in [-0.05, 0) is 48.5 Å². The number of halogens is 2. The fourth-order valence-corrected chi connectivity index (χ4v) is 2.24. The second kappa shape index (κ2) is 7.60. The molecule has 1 heterocycles. The number of nitrogens with zero attached hydrogens (tertiary/aromatic N) is 1. The summed E-state index contributed by atoms with van der Waals surface area (Å²) in [4.78, 5) is 16.1. The van der Waals surface area contributed by atoms with Crippen molar-refractivity contribution >= 4 is 23.0 Å². The molecule has 26 heavy (non-hydrogen) atoms. The molecular weight excluding hydrogens is 340 g/mol. The summed E-state index contributed by atoms with van der Waals surface area (Å²) in [6.45, 7) is 0. The van der Waals surface area contributed by atoms with E-state index in [9.17, 15) is 13.6 Å². The maximum Gasteiger partial charge on any atom is 0.274 e. The molecule has 0 saturated heterocycles. The SMILES string of the molecule is COc1ccc(Nc2ccc(C(=O)Nc3c(F)cccc3F)nc2)cc1. The summed E-state index contributed by atoms with van der Waals surface area (Å²) in [6, 6.07) is 13.7. The highest BCUT2D eigenvalue weighted by molar-refractivity contribution is 6.03. The molecule has 0 saturated carbocycles. The smallest absolute Gasteiger partial charge is 0.274 e. The number of carbonyl (C=O) groups excluding carboxylic acids is 1. The number of aromatic nitrogens is 1. The minimum Gasteiger partial charge on any atom is -0.497 e. The number of nitrogens with one attached hydrogen (secondary N) is 2. The normalized spacial score (nSPS) is 10.3. The van der Waals surface area contributed by atoms with Crippen molar-refractivity contribution in [3.05, 3.63) is 78.1 Å². The standard InChI is InChI=1S/C19H15F2N3O2/c1-26-14-8-5-12(6-9-14)23-13-7-10-17(22-11-13)19(25)24-18-15(20)3-2-4-16(18)21/h2-11,23H,1H3,(H,24,25). The van der Waals surface area contributed by atoms with E-state index in [-0.39, 0.29) is 5.69 Å². The monoisotopic (exact) mass is 355 g/mol. The number of hydrogen-bond acceptors (Lipinski definition) is 4. The minimum atomic E-state index is -0.851. The van der Waals surface area contributed by atoms with Crippen molar-refractivity contribution in [2.45, 2.75) is 0 Å². The average molecular weight is 355 g/mol. The van der Waals surface area contributed by atoms with Gasteiger partial charge in [-0.3, -0.25) is 4.79 Å². The molecule has 2 N–H and O–H groups in total. The molecule has 0 unspecified atom stereocenters. The molecular formula is C19H15F2N3O2. The van der Waals surface area contributed by atoms with E-state index >= 15 is 0 Å². The molecule has 1 aromatic heterocycles. The van der Waals surface area contributed by atoms with Crippen LogP contribution in [0.4, 0.5) is 25.8 Å². The molecule has 0 radical (unpaired) electrons. The second-order valence-electron chi connectivity index (χ2n) is 5.34. The van der Waals surface area contributed by atoms with Gasteiger partial charge < -0.3 is 15.4 Å². The maximum atomic E-state index is 13.6. The number of anilines is 3. The molecule has 132 valence electrons. The summed E-state index contributed by atoms with van der Waals surface area (Å²) in [7, 11) is 1.59. The predicted molar refractivity (Wildman–Crippen MR) is 94.8 cm³/mol. The van der Waals surface area contributed by atoms with Gasteiger partial charge in [0.2, 0.25) is 0 Å². The molecule has 5 nitrogen and oxygen atoms in total. The lowest BCUT2D eigenvalue weighted by Gasteiger charge is -2.09. The number of rotatable bonds is 5. The summed E-state index contributed by atoms with van der Waals surface area (Å²) in [6.07, 6.45) is 1.46. The Morgan fingerprint density at radius 3 is 2.19 bits per heavy atom. The third-order valence-corrected chi connectivity index (χ3v) is 3.58. The van der Waals surface area contributed by atoms with Gasteiger partial charge in [0, 0.05) is 5.69 Å². The summed E-state index contributed by atoms with van der Waals surface area (Å²) in [5, 5.41) is 5.31. The predicted octanol–water partition coefficient (Wildman–Crippen LogP) is 4.36. The largest absolute Gasteiger partial charge is 0.497 e. The first-order valence-electron chi connectivity index (χ1n) is 7.69. The Balaban J connectivity index is 1.69. The van der Waals surface area contributed by atoms with Crippen molar-refractivity contribution in [3.8, 4) is 5.75 Å². The molecule has 0 spiro atoms. The molecule has 0 aliphatic carbocycles. The van der Waals surface area contributed by atoms with Crippen molar-refractivity contribution in [3.63, 3.8) is 0 Å². The average Bonchev–Trinajstić information content (AvgIpc) is 2.66. The Kier molecular flexibility index (Phi) is 5.07. The lowest BCUT2D eigenvalue weighted by atomic mass is 10.2. The van der Waals surface area contributed by atoms with Gasteiger partial charge in [0.05, 0.1) is 19.0 Å². The van der Waals surface area contributed by atoms with Gasteiger partial charge in [-0.25, -0.2) is 13.8 Å². The maximum absolute atomic E-state index is 13.6. The molecule has 0 atom stereocenters. The second-order valence-corrected chi connectivity index (χ2v) is 5.34. The Labute approximate surface area is 148 Å². The van der Waals surface area contributed by atoms with Crippen molar-refractivity contribution in [1.82, 2.24) is 4.98 Å². The summed E-state index contributed by atoms with van der Waals surface area (Å²) < 4.78 is 32.3. The van der Waals surface area contributed by atoms with E-state index in [1.54, 1.807) is 25.3 Å². The van der Waals surface area contributed by atoms with Crippen LogP contribution in [0.15, 0.2) is 60.8 Å². The number of pyridine rings is 1. The van der Waals surface area contributed by atoms with Crippen molar-refractivity contribution in [1.29, 1.82) is 0 Å². The summed E-state index contributed by atoms with van der Waals surface area (Å²) in [5.41, 5.74) is 1.01. The molecule has 3 aromatic rings. The van der Waals surface area contributed by atoms with Gasteiger partial charge in [-0.2, -0.15) is 0 Å². The number of para-hydroxylation sites is 1. The first-order valence-corrected chi connectivity index (χ1v) is 7.69. The zero-order chi connectivity index (χ0) is 18.5. The number of amides is 1. The van der Waals surface area contributed by atoms with E-state index in [2.05, 4.69) is 15.6 Å². The summed E-state index contributed by atoms with van der Waals surface area (Å²) in [5.74, 6) is -1.67. The van der Waals surface area contributed by atoms with E-state index in [0.29, 0.717) is 5.69 Å². The zero-order valence-corrected chi connectivity index (χ0v) is 13.8. The van der Waals surface area contributed by atoms with Crippen LogP contribution in [0.5, 0.6) is 5.75 Å². The highest BCUT2D eigenvalue weighted by Gasteiger charge is 2.14. The van der Waals surface area contributed by atoms with Crippen LogP contribution in [0.3, 0.4) is 0 Å². The van der Waals surface area contributed by atoms with Crippen LogP contribution in [0.25, 0.3) is 0 Å². The molecule has 0 aliphatic heterocycles. The fraction of sp³-hybridized carbons (Fsp3) is 0.0526. The van der Waals surface area contributed by atoms with E-state index in [4.69, 9.17) is 4.74 Å². The highest BCUT2D eigenvalue weighted by Crippen LogP contribution is 2.21. The van der Waals surface area contributed by atoms with Gasteiger partial charge >= 0.3 is 0 Å². The minimum absolute atomic E-state index is 0.0351. The molecule has 0 aliphatic rings. The van der Waals surface area contributed by atoms with E-state index in [1.807, 2.05) is 12.1 Å². The Hall–Kier alpha value is -3.48. The van der Waals surface area contributed by atoms with Crippen molar-refractivity contribution < 1.29 is 18.3 Å². The summed E-state index contributed by atoms with van der Waals surface area (Å²) >= 11 is 0. The van der Waals surface area contributed by atoms with Gasteiger partial charge in [-0.15, -0.1) is 0 Å². The van der Waals surface area contributed by atoms with Gasteiger partial charge in [0.15, 0.2) is 0 Å².